The first-order valence-electron chi connectivity index (χ1n) is 5.66. The van der Waals surface area contributed by atoms with Gasteiger partial charge in [-0.25, -0.2) is 12.8 Å². The maximum absolute atomic E-state index is 13.6. The largest absolute Gasteiger partial charge is 0.304 e. The highest BCUT2D eigenvalue weighted by molar-refractivity contribution is 7.89. The van der Waals surface area contributed by atoms with Gasteiger partial charge in [0.25, 0.3) is 0 Å². The van der Waals surface area contributed by atoms with E-state index in [-0.39, 0.29) is 9.92 Å². The van der Waals surface area contributed by atoms with Crippen LogP contribution in [0, 0.1) is 5.82 Å². The van der Waals surface area contributed by atoms with Gasteiger partial charge in [0, 0.05) is 26.2 Å². The predicted molar refractivity (Wildman–Crippen MR) is 72.7 cm³/mol. The van der Waals surface area contributed by atoms with Crippen molar-refractivity contribution in [2.75, 3.05) is 33.2 Å². The van der Waals surface area contributed by atoms with Crippen LogP contribution in [-0.2, 0) is 10.0 Å². The Balaban J connectivity index is 2.38. The highest BCUT2D eigenvalue weighted by atomic mass is 35.5. The fraction of sp³-hybridized carbons (Fsp3) is 0.455. The van der Waals surface area contributed by atoms with E-state index < -0.39 is 20.9 Å². The van der Waals surface area contributed by atoms with Gasteiger partial charge in [0.05, 0.1) is 10.0 Å². The number of rotatable bonds is 2. The molecule has 0 radical (unpaired) electrons. The van der Waals surface area contributed by atoms with Crippen molar-refractivity contribution in [3.63, 3.8) is 0 Å². The Kier molecular flexibility index (Phi) is 4.37. The molecule has 0 bridgehead atoms. The van der Waals surface area contributed by atoms with Gasteiger partial charge < -0.3 is 4.90 Å². The van der Waals surface area contributed by atoms with Crippen LogP contribution >= 0.6 is 23.2 Å². The Bertz CT molecular complexity index is 587. The summed E-state index contributed by atoms with van der Waals surface area (Å²) >= 11 is 11.3. The normalized spacial score (nSPS) is 18.7. The van der Waals surface area contributed by atoms with Crippen molar-refractivity contribution < 1.29 is 12.8 Å². The molecule has 0 amide bonds. The second-order valence-electron chi connectivity index (χ2n) is 4.38. The number of benzene rings is 1. The van der Waals surface area contributed by atoms with Crippen molar-refractivity contribution >= 4 is 33.2 Å². The molecular weight excluding hydrogens is 314 g/mol. The summed E-state index contributed by atoms with van der Waals surface area (Å²) in [7, 11) is -1.86. The number of piperazine rings is 1. The summed E-state index contributed by atoms with van der Waals surface area (Å²) in [4.78, 5) is 1.79. The summed E-state index contributed by atoms with van der Waals surface area (Å²) in [5.74, 6) is -0.904. The van der Waals surface area contributed by atoms with Crippen LogP contribution in [0.5, 0.6) is 0 Å². The van der Waals surface area contributed by atoms with E-state index in [0.717, 1.165) is 0 Å². The minimum Gasteiger partial charge on any atom is -0.304 e. The molecule has 1 aromatic rings. The summed E-state index contributed by atoms with van der Waals surface area (Å²) in [6.07, 6.45) is 0. The minimum absolute atomic E-state index is 0.192. The molecule has 8 heteroatoms. The molecule has 0 atom stereocenters. The van der Waals surface area contributed by atoms with E-state index in [1.165, 1.54) is 16.4 Å². The van der Waals surface area contributed by atoms with Gasteiger partial charge in [-0.1, -0.05) is 23.2 Å². The minimum atomic E-state index is -3.78. The van der Waals surface area contributed by atoms with E-state index >= 15 is 0 Å². The molecule has 1 saturated heterocycles. The zero-order valence-corrected chi connectivity index (χ0v) is 12.6. The van der Waals surface area contributed by atoms with E-state index in [2.05, 4.69) is 0 Å². The first-order chi connectivity index (χ1) is 8.84. The highest BCUT2D eigenvalue weighted by Crippen LogP contribution is 2.31. The van der Waals surface area contributed by atoms with Crippen molar-refractivity contribution in [2.45, 2.75) is 4.90 Å². The second kappa shape index (κ2) is 5.54. The zero-order chi connectivity index (χ0) is 14.2. The third kappa shape index (κ3) is 2.87. The number of hydrogen-bond donors (Lipinski definition) is 0. The first-order valence-corrected chi connectivity index (χ1v) is 7.86. The van der Waals surface area contributed by atoms with Crippen LogP contribution in [0.15, 0.2) is 17.0 Å². The fourth-order valence-corrected chi connectivity index (χ4v) is 4.02. The van der Waals surface area contributed by atoms with Gasteiger partial charge in [-0.3, -0.25) is 0 Å². The van der Waals surface area contributed by atoms with Gasteiger partial charge in [-0.05, 0) is 19.2 Å². The highest BCUT2D eigenvalue weighted by Gasteiger charge is 2.30. The summed E-state index contributed by atoms with van der Waals surface area (Å²) in [6.45, 7) is 1.98. The Labute approximate surface area is 121 Å². The standard InChI is InChI=1S/C11H13Cl2FN2O2S/c1-15-4-6-16(7-5-15)19(17,18)9-3-2-8(12)11(14)10(9)13/h2-3H,4-7H2,1H3. The average molecular weight is 327 g/mol. The smallest absolute Gasteiger partial charge is 0.244 e. The lowest BCUT2D eigenvalue weighted by Crippen LogP contribution is -2.47. The van der Waals surface area contributed by atoms with Crippen LogP contribution < -0.4 is 0 Å². The van der Waals surface area contributed by atoms with Gasteiger partial charge in [-0.15, -0.1) is 0 Å². The van der Waals surface area contributed by atoms with Crippen LogP contribution in [0.25, 0.3) is 0 Å². The molecule has 0 N–H and O–H groups in total. The fourth-order valence-electron chi connectivity index (χ4n) is 1.87. The lowest BCUT2D eigenvalue weighted by atomic mass is 10.3. The van der Waals surface area contributed by atoms with Gasteiger partial charge >= 0.3 is 0 Å². The van der Waals surface area contributed by atoms with E-state index in [9.17, 15) is 12.8 Å². The summed E-state index contributed by atoms with van der Waals surface area (Å²) in [5.41, 5.74) is 0. The van der Waals surface area contributed by atoms with Crippen LogP contribution in [-0.4, -0.2) is 50.8 Å². The van der Waals surface area contributed by atoms with Crippen LogP contribution in [0.2, 0.25) is 10.0 Å². The number of nitrogens with zero attached hydrogens (tertiary/aromatic N) is 2. The maximum atomic E-state index is 13.6. The number of likely N-dealkylation sites (N-methyl/N-ethyl adjacent to an activating group) is 1. The topological polar surface area (TPSA) is 40.6 Å². The molecule has 0 aliphatic carbocycles. The molecular formula is C11H13Cl2FN2O2S. The molecule has 19 heavy (non-hydrogen) atoms. The molecule has 106 valence electrons. The number of hydrogen-bond acceptors (Lipinski definition) is 3. The Morgan fingerprint density at radius 1 is 1.16 bits per heavy atom. The molecule has 0 unspecified atom stereocenters. The van der Waals surface area contributed by atoms with Gasteiger partial charge in [0.1, 0.15) is 4.90 Å². The van der Waals surface area contributed by atoms with E-state index in [0.29, 0.717) is 26.2 Å². The molecule has 0 spiro atoms. The molecule has 1 aliphatic heterocycles. The molecule has 1 fully saturated rings. The van der Waals surface area contributed by atoms with Gasteiger partial charge in [0.15, 0.2) is 5.82 Å². The van der Waals surface area contributed by atoms with Crippen LogP contribution in [0.3, 0.4) is 0 Å². The first kappa shape index (κ1) is 15.0. The van der Waals surface area contributed by atoms with Crippen molar-refractivity contribution in [1.29, 1.82) is 0 Å². The molecule has 1 aliphatic rings. The Hall–Kier alpha value is -0.400. The third-order valence-corrected chi connectivity index (χ3v) is 5.79. The van der Waals surface area contributed by atoms with E-state index in [4.69, 9.17) is 23.2 Å². The number of halogens is 3. The zero-order valence-electron chi connectivity index (χ0n) is 10.2. The molecule has 0 saturated carbocycles. The lowest BCUT2D eigenvalue weighted by Gasteiger charge is -2.31. The predicted octanol–water partition coefficient (Wildman–Crippen LogP) is 2.07. The quantitative estimate of drug-likeness (QED) is 0.781. The molecule has 1 heterocycles. The Morgan fingerprint density at radius 3 is 2.32 bits per heavy atom. The third-order valence-electron chi connectivity index (χ3n) is 3.08. The Morgan fingerprint density at radius 2 is 1.74 bits per heavy atom. The van der Waals surface area contributed by atoms with Crippen molar-refractivity contribution in [3.05, 3.63) is 28.0 Å². The van der Waals surface area contributed by atoms with E-state index in [1.807, 2.05) is 11.9 Å². The van der Waals surface area contributed by atoms with Crippen molar-refractivity contribution in [1.82, 2.24) is 9.21 Å². The van der Waals surface area contributed by atoms with Crippen molar-refractivity contribution in [3.8, 4) is 0 Å². The van der Waals surface area contributed by atoms with Crippen LogP contribution in [0.1, 0.15) is 0 Å². The van der Waals surface area contributed by atoms with Crippen LogP contribution in [0.4, 0.5) is 4.39 Å². The maximum Gasteiger partial charge on any atom is 0.244 e. The summed E-state index contributed by atoms with van der Waals surface area (Å²) in [6, 6.07) is 2.44. The summed E-state index contributed by atoms with van der Waals surface area (Å²) in [5, 5.41) is -0.645. The second-order valence-corrected chi connectivity index (χ2v) is 7.07. The molecule has 4 nitrogen and oxygen atoms in total. The van der Waals surface area contributed by atoms with E-state index in [1.54, 1.807) is 0 Å². The molecule has 0 aromatic heterocycles. The van der Waals surface area contributed by atoms with Gasteiger partial charge in [0.2, 0.25) is 10.0 Å². The lowest BCUT2D eigenvalue weighted by molar-refractivity contribution is 0.222. The molecule has 2 rings (SSSR count). The summed E-state index contributed by atoms with van der Waals surface area (Å²) < 4.78 is 39.7. The monoisotopic (exact) mass is 326 g/mol. The average Bonchev–Trinajstić information content (AvgIpc) is 2.36. The molecule has 1 aromatic carbocycles. The van der Waals surface area contributed by atoms with Crippen molar-refractivity contribution in [2.24, 2.45) is 0 Å². The van der Waals surface area contributed by atoms with Gasteiger partial charge in [-0.2, -0.15) is 4.31 Å². The number of sulfonamides is 1. The SMILES string of the molecule is CN1CCN(S(=O)(=O)c2ccc(Cl)c(F)c2Cl)CC1.